The van der Waals surface area contributed by atoms with Crippen LogP contribution in [0.2, 0.25) is 10.0 Å². The van der Waals surface area contributed by atoms with Gasteiger partial charge in [-0.1, -0.05) is 71.4 Å². The van der Waals surface area contributed by atoms with Crippen molar-refractivity contribution in [3.05, 3.63) is 87.2 Å². The van der Waals surface area contributed by atoms with Crippen LogP contribution in [0.1, 0.15) is 12.5 Å². The summed E-state index contributed by atoms with van der Waals surface area (Å²) in [6, 6.07) is 19.3. The van der Waals surface area contributed by atoms with Gasteiger partial charge in [0, 0.05) is 5.56 Å². The third-order valence-corrected chi connectivity index (χ3v) is 7.11. The molecule has 0 saturated carbocycles. The number of nitrogens with one attached hydrogen (secondary N) is 1. The second-order valence-corrected chi connectivity index (χ2v) is 9.88. The average molecular weight is 559 g/mol. The first-order chi connectivity index (χ1) is 17.4. The number of halogens is 2. The van der Waals surface area contributed by atoms with Crippen molar-refractivity contribution in [2.24, 2.45) is 0 Å². The number of benzene rings is 3. The molecule has 2 amide bonds. The molecule has 6 nitrogen and oxygen atoms in total. The maximum Gasteiger partial charge on any atom is 0.270 e. The number of ether oxygens (including phenoxy) is 2. The quantitative estimate of drug-likeness (QED) is 0.242. The van der Waals surface area contributed by atoms with Crippen LogP contribution in [0.25, 0.3) is 6.08 Å². The van der Waals surface area contributed by atoms with Crippen LogP contribution in [0.4, 0.5) is 11.4 Å². The molecule has 3 aromatic carbocycles. The Hall–Kier alpha value is -3.04. The Balaban J connectivity index is 1.47. The number of hydrogen-bond donors (Lipinski definition) is 1. The SMILES string of the molecule is CCOc1ccc(N2C(=O)/C(=C/c3ccccc3OCC(=O)Nc3cccc(Cl)c3Cl)SC2=S)cc1. The van der Waals surface area contributed by atoms with Crippen LogP contribution in [0.15, 0.2) is 71.6 Å². The van der Waals surface area contributed by atoms with Gasteiger partial charge in [0.05, 0.1) is 32.9 Å². The molecule has 3 aromatic rings. The molecule has 184 valence electrons. The van der Waals surface area contributed by atoms with E-state index in [2.05, 4.69) is 5.32 Å². The zero-order valence-corrected chi connectivity index (χ0v) is 22.1. The predicted molar refractivity (Wildman–Crippen MR) is 150 cm³/mol. The van der Waals surface area contributed by atoms with Crippen LogP contribution in [-0.4, -0.2) is 29.3 Å². The summed E-state index contributed by atoms with van der Waals surface area (Å²) in [7, 11) is 0. The number of carbonyl (C=O) groups excluding carboxylic acids is 2. The number of carbonyl (C=O) groups is 2. The zero-order chi connectivity index (χ0) is 25.7. The van der Waals surface area contributed by atoms with Crippen molar-refractivity contribution in [3.8, 4) is 11.5 Å². The molecule has 0 radical (unpaired) electrons. The minimum atomic E-state index is -0.407. The van der Waals surface area contributed by atoms with Crippen LogP contribution in [-0.2, 0) is 9.59 Å². The molecule has 1 heterocycles. The van der Waals surface area contributed by atoms with Gasteiger partial charge in [0.15, 0.2) is 10.9 Å². The summed E-state index contributed by atoms with van der Waals surface area (Å²) in [5.74, 6) is 0.513. The van der Waals surface area contributed by atoms with Gasteiger partial charge >= 0.3 is 0 Å². The van der Waals surface area contributed by atoms with Gasteiger partial charge in [0.1, 0.15) is 11.5 Å². The van der Waals surface area contributed by atoms with Crippen LogP contribution in [0.5, 0.6) is 11.5 Å². The summed E-state index contributed by atoms with van der Waals surface area (Å²) in [6.45, 7) is 2.20. The molecule has 0 spiro atoms. The second kappa shape index (κ2) is 11.8. The van der Waals surface area contributed by atoms with Crippen molar-refractivity contribution in [2.75, 3.05) is 23.4 Å². The number of para-hydroxylation sites is 1. The van der Waals surface area contributed by atoms with Gasteiger partial charge in [0.2, 0.25) is 0 Å². The first-order valence-electron chi connectivity index (χ1n) is 10.8. The molecule has 0 unspecified atom stereocenters. The lowest BCUT2D eigenvalue weighted by Crippen LogP contribution is -2.27. The minimum Gasteiger partial charge on any atom is -0.494 e. The van der Waals surface area contributed by atoms with E-state index in [-0.39, 0.29) is 17.5 Å². The van der Waals surface area contributed by atoms with E-state index in [1.165, 1.54) is 16.7 Å². The Morgan fingerprint density at radius 1 is 1.06 bits per heavy atom. The summed E-state index contributed by atoms with van der Waals surface area (Å²) in [4.78, 5) is 27.5. The first kappa shape index (κ1) is 26.0. The van der Waals surface area contributed by atoms with Crippen molar-refractivity contribution >= 4 is 80.8 Å². The second-order valence-electron chi connectivity index (χ2n) is 7.42. The summed E-state index contributed by atoms with van der Waals surface area (Å²) in [5, 5.41) is 3.26. The average Bonchev–Trinajstić information content (AvgIpc) is 3.14. The van der Waals surface area contributed by atoms with E-state index < -0.39 is 5.91 Å². The molecule has 36 heavy (non-hydrogen) atoms. The number of rotatable bonds is 8. The third kappa shape index (κ3) is 6.02. The van der Waals surface area contributed by atoms with Crippen LogP contribution in [0.3, 0.4) is 0 Å². The summed E-state index contributed by atoms with van der Waals surface area (Å²) < 4.78 is 11.6. The molecule has 0 atom stereocenters. The zero-order valence-electron chi connectivity index (χ0n) is 19.0. The Kier molecular flexibility index (Phi) is 8.53. The van der Waals surface area contributed by atoms with E-state index in [0.717, 1.165) is 5.75 Å². The molecule has 4 rings (SSSR count). The fourth-order valence-electron chi connectivity index (χ4n) is 3.35. The monoisotopic (exact) mass is 558 g/mol. The highest BCUT2D eigenvalue weighted by atomic mass is 35.5. The molecule has 1 aliphatic heterocycles. The number of hydrogen-bond acceptors (Lipinski definition) is 6. The van der Waals surface area contributed by atoms with Gasteiger partial charge in [-0.05, 0) is 55.5 Å². The highest BCUT2D eigenvalue weighted by Crippen LogP contribution is 2.37. The summed E-state index contributed by atoms with van der Waals surface area (Å²) in [6.07, 6.45) is 1.70. The lowest BCUT2D eigenvalue weighted by Gasteiger charge is -2.15. The molecule has 1 fully saturated rings. The van der Waals surface area contributed by atoms with E-state index in [1.54, 1.807) is 66.7 Å². The maximum absolute atomic E-state index is 13.2. The number of thiocarbonyl (C=S) groups is 1. The highest BCUT2D eigenvalue weighted by Gasteiger charge is 2.33. The lowest BCUT2D eigenvalue weighted by atomic mass is 10.2. The fraction of sp³-hybridized carbons (Fsp3) is 0.115. The summed E-state index contributed by atoms with van der Waals surface area (Å²) >= 11 is 18.8. The van der Waals surface area contributed by atoms with Crippen LogP contribution >= 0.6 is 47.2 Å². The first-order valence-corrected chi connectivity index (χ1v) is 12.8. The normalized spacial score (nSPS) is 14.3. The maximum atomic E-state index is 13.2. The van der Waals surface area contributed by atoms with E-state index in [1.807, 2.05) is 13.0 Å². The molecular weight excluding hydrogens is 539 g/mol. The van der Waals surface area contributed by atoms with Gasteiger partial charge < -0.3 is 14.8 Å². The molecule has 1 saturated heterocycles. The molecule has 0 aromatic heterocycles. The number of nitrogens with zero attached hydrogens (tertiary/aromatic N) is 1. The highest BCUT2D eigenvalue weighted by molar-refractivity contribution is 8.27. The lowest BCUT2D eigenvalue weighted by molar-refractivity contribution is -0.118. The Morgan fingerprint density at radius 2 is 1.81 bits per heavy atom. The van der Waals surface area contributed by atoms with Crippen molar-refractivity contribution in [3.63, 3.8) is 0 Å². The number of anilines is 2. The van der Waals surface area contributed by atoms with E-state index in [4.69, 9.17) is 44.9 Å². The van der Waals surface area contributed by atoms with Gasteiger partial charge in [-0.3, -0.25) is 14.5 Å². The van der Waals surface area contributed by atoms with Crippen molar-refractivity contribution in [2.45, 2.75) is 6.92 Å². The van der Waals surface area contributed by atoms with E-state index >= 15 is 0 Å². The Labute approximate surface area is 228 Å². The molecule has 1 N–H and O–H groups in total. The van der Waals surface area contributed by atoms with E-state index in [0.29, 0.717) is 43.5 Å². The molecular formula is C26H20Cl2N2O4S2. The minimum absolute atomic E-state index is 0.239. The smallest absolute Gasteiger partial charge is 0.270 e. The van der Waals surface area contributed by atoms with Gasteiger partial charge in [0.25, 0.3) is 11.8 Å². The van der Waals surface area contributed by atoms with Crippen molar-refractivity contribution < 1.29 is 19.1 Å². The standard InChI is InChI=1S/C26H20Cl2N2O4S2/c1-2-33-18-12-10-17(11-13-18)30-25(32)22(36-26(30)35)14-16-6-3-4-9-21(16)34-15-23(31)29-20-8-5-7-19(27)24(20)28/h3-14H,2,15H2,1H3,(H,29,31)/b22-14-. The van der Waals surface area contributed by atoms with Crippen LogP contribution < -0.4 is 19.7 Å². The summed E-state index contributed by atoms with van der Waals surface area (Å²) in [5.41, 5.74) is 1.69. The molecule has 10 heteroatoms. The fourth-order valence-corrected chi connectivity index (χ4v) is 4.99. The largest absolute Gasteiger partial charge is 0.494 e. The third-order valence-electron chi connectivity index (χ3n) is 4.99. The van der Waals surface area contributed by atoms with E-state index in [9.17, 15) is 9.59 Å². The Morgan fingerprint density at radius 3 is 2.56 bits per heavy atom. The predicted octanol–water partition coefficient (Wildman–Crippen LogP) is 6.82. The van der Waals surface area contributed by atoms with Gasteiger partial charge in [-0.25, -0.2) is 0 Å². The molecule has 0 aliphatic carbocycles. The van der Waals surface area contributed by atoms with Crippen LogP contribution in [0, 0.1) is 0 Å². The van der Waals surface area contributed by atoms with Crippen molar-refractivity contribution in [1.29, 1.82) is 0 Å². The van der Waals surface area contributed by atoms with Crippen molar-refractivity contribution in [1.82, 2.24) is 0 Å². The molecule has 1 aliphatic rings. The Bertz CT molecular complexity index is 1350. The molecule has 0 bridgehead atoms. The van der Waals surface area contributed by atoms with Gasteiger partial charge in [-0.2, -0.15) is 0 Å². The number of amides is 2. The topological polar surface area (TPSA) is 67.9 Å². The number of thioether (sulfide) groups is 1. The van der Waals surface area contributed by atoms with Gasteiger partial charge in [-0.15, -0.1) is 0 Å².